The van der Waals surface area contributed by atoms with Gasteiger partial charge in [-0.1, -0.05) is 24.3 Å². The van der Waals surface area contributed by atoms with Gasteiger partial charge in [0.1, 0.15) is 17.3 Å². The van der Waals surface area contributed by atoms with E-state index < -0.39 is 0 Å². The molecule has 0 aliphatic heterocycles. The first-order chi connectivity index (χ1) is 14.2. The minimum Gasteiger partial charge on any atom is -0.497 e. The molecule has 0 unspecified atom stereocenters. The van der Waals surface area contributed by atoms with Gasteiger partial charge in [0.2, 0.25) is 0 Å². The fourth-order valence-corrected chi connectivity index (χ4v) is 3.55. The van der Waals surface area contributed by atoms with Gasteiger partial charge in [0.25, 0.3) is 0 Å². The van der Waals surface area contributed by atoms with E-state index in [9.17, 15) is 0 Å². The van der Waals surface area contributed by atoms with Crippen molar-refractivity contribution >= 4 is 11.0 Å². The predicted octanol–water partition coefficient (Wildman–Crippen LogP) is 5.80. The molecule has 0 amide bonds. The highest BCUT2D eigenvalue weighted by Crippen LogP contribution is 2.27. The number of para-hydroxylation sites is 2. The summed E-state index contributed by atoms with van der Waals surface area (Å²) >= 11 is 0. The van der Waals surface area contributed by atoms with E-state index in [1.165, 1.54) is 11.1 Å². The number of aryl methyl sites for hydroxylation is 2. The lowest BCUT2D eigenvalue weighted by Gasteiger charge is -2.13. The number of benzene rings is 3. The van der Waals surface area contributed by atoms with Gasteiger partial charge in [-0.05, 0) is 73.9 Å². The lowest BCUT2D eigenvalue weighted by Crippen LogP contribution is -2.07. The normalized spacial score (nSPS) is 11.0. The van der Waals surface area contributed by atoms with Crippen molar-refractivity contribution in [2.45, 2.75) is 26.8 Å². The Bertz CT molecular complexity index is 1110. The summed E-state index contributed by atoms with van der Waals surface area (Å²) in [6.07, 6.45) is 0.900. The second-order valence-corrected chi connectivity index (χ2v) is 7.20. The minimum absolute atomic E-state index is 0.666. The van der Waals surface area contributed by atoms with Crippen molar-refractivity contribution < 1.29 is 9.47 Å². The first kappa shape index (κ1) is 19.1. The van der Waals surface area contributed by atoms with Crippen LogP contribution in [0.2, 0.25) is 0 Å². The molecule has 0 bridgehead atoms. The molecular weight excluding hydrogens is 360 g/mol. The van der Waals surface area contributed by atoms with Crippen molar-refractivity contribution in [3.05, 3.63) is 77.9 Å². The maximum atomic E-state index is 6.05. The highest BCUT2D eigenvalue weighted by atomic mass is 16.5. The van der Waals surface area contributed by atoms with Crippen LogP contribution in [-0.2, 0) is 6.54 Å². The summed E-state index contributed by atoms with van der Waals surface area (Å²) in [7, 11) is 1.68. The molecule has 0 fully saturated rings. The molecule has 1 aromatic heterocycles. The van der Waals surface area contributed by atoms with Gasteiger partial charge in [0.05, 0.1) is 24.8 Å². The van der Waals surface area contributed by atoms with Gasteiger partial charge >= 0.3 is 0 Å². The highest BCUT2D eigenvalue weighted by molar-refractivity contribution is 5.80. The van der Waals surface area contributed by atoms with Crippen LogP contribution in [0.25, 0.3) is 22.4 Å². The van der Waals surface area contributed by atoms with E-state index in [0.29, 0.717) is 6.61 Å². The van der Waals surface area contributed by atoms with E-state index >= 15 is 0 Å². The lowest BCUT2D eigenvalue weighted by atomic mass is 10.1. The molecule has 4 rings (SSSR count). The summed E-state index contributed by atoms with van der Waals surface area (Å²) in [4.78, 5) is 4.88. The van der Waals surface area contributed by atoms with Crippen LogP contribution >= 0.6 is 0 Å². The number of hydrogen-bond acceptors (Lipinski definition) is 3. The van der Waals surface area contributed by atoms with E-state index in [-0.39, 0.29) is 0 Å². The van der Waals surface area contributed by atoms with Crippen molar-refractivity contribution in [2.24, 2.45) is 0 Å². The van der Waals surface area contributed by atoms with Gasteiger partial charge in [-0.15, -0.1) is 0 Å². The van der Waals surface area contributed by atoms with Crippen LogP contribution in [0.5, 0.6) is 11.5 Å². The Morgan fingerprint density at radius 1 is 0.897 bits per heavy atom. The quantitative estimate of drug-likeness (QED) is 0.377. The summed E-state index contributed by atoms with van der Waals surface area (Å²) in [6.45, 7) is 5.72. The highest BCUT2D eigenvalue weighted by Gasteiger charge is 2.12. The number of imidazole rings is 1. The van der Waals surface area contributed by atoms with Crippen molar-refractivity contribution in [3.8, 4) is 22.9 Å². The van der Waals surface area contributed by atoms with Crippen LogP contribution < -0.4 is 9.47 Å². The number of ether oxygens (including phenoxy) is 2. The number of nitrogens with zero attached hydrogens (tertiary/aromatic N) is 2. The smallest absolute Gasteiger partial charge is 0.141 e. The zero-order chi connectivity index (χ0) is 20.2. The fraction of sp³-hybridized carbons (Fsp3) is 0.240. The molecule has 3 aromatic carbocycles. The molecule has 0 aliphatic carbocycles. The molecule has 1 heterocycles. The van der Waals surface area contributed by atoms with Gasteiger partial charge in [0.15, 0.2) is 0 Å². The van der Waals surface area contributed by atoms with Crippen molar-refractivity contribution in [3.63, 3.8) is 0 Å². The summed E-state index contributed by atoms with van der Waals surface area (Å²) in [5.74, 6) is 2.79. The molecule has 0 saturated carbocycles. The van der Waals surface area contributed by atoms with Gasteiger partial charge in [-0.3, -0.25) is 0 Å². The van der Waals surface area contributed by atoms with Crippen LogP contribution in [-0.4, -0.2) is 23.3 Å². The molecule has 0 atom stereocenters. The topological polar surface area (TPSA) is 36.3 Å². The maximum Gasteiger partial charge on any atom is 0.141 e. The van der Waals surface area contributed by atoms with Crippen LogP contribution in [0.4, 0.5) is 0 Å². The molecule has 4 nitrogen and oxygen atoms in total. The van der Waals surface area contributed by atoms with Gasteiger partial charge in [-0.2, -0.15) is 0 Å². The Labute approximate surface area is 171 Å². The molecule has 29 heavy (non-hydrogen) atoms. The first-order valence-corrected chi connectivity index (χ1v) is 9.96. The van der Waals surface area contributed by atoms with Crippen molar-refractivity contribution in [1.82, 2.24) is 9.55 Å². The van der Waals surface area contributed by atoms with Crippen molar-refractivity contribution in [1.29, 1.82) is 0 Å². The third-order valence-corrected chi connectivity index (χ3v) is 5.34. The van der Waals surface area contributed by atoms with Gasteiger partial charge in [-0.25, -0.2) is 4.98 Å². The average Bonchev–Trinajstić information content (AvgIpc) is 3.12. The monoisotopic (exact) mass is 386 g/mol. The Morgan fingerprint density at radius 2 is 1.69 bits per heavy atom. The Balaban J connectivity index is 1.55. The van der Waals surface area contributed by atoms with E-state index in [4.69, 9.17) is 14.5 Å². The number of aromatic nitrogens is 2. The third kappa shape index (κ3) is 3.97. The molecule has 0 aliphatic rings. The SMILES string of the molecule is COc1ccc(-c2nc3ccccc3n2CCCOc2cccc(C)c2C)cc1. The second-order valence-electron chi connectivity index (χ2n) is 7.20. The molecule has 0 radical (unpaired) electrons. The van der Waals surface area contributed by atoms with Crippen LogP contribution in [0.15, 0.2) is 66.7 Å². The van der Waals surface area contributed by atoms with E-state index in [0.717, 1.165) is 46.9 Å². The molecule has 0 saturated heterocycles. The molecule has 4 aromatic rings. The maximum absolute atomic E-state index is 6.05. The zero-order valence-electron chi connectivity index (χ0n) is 17.2. The fourth-order valence-electron chi connectivity index (χ4n) is 3.55. The molecular formula is C25H26N2O2. The van der Waals surface area contributed by atoms with Crippen molar-refractivity contribution in [2.75, 3.05) is 13.7 Å². The van der Waals surface area contributed by atoms with E-state index in [1.807, 2.05) is 30.3 Å². The van der Waals surface area contributed by atoms with Gasteiger partial charge < -0.3 is 14.0 Å². The Hall–Kier alpha value is -3.27. The van der Waals surface area contributed by atoms with E-state index in [1.54, 1.807) is 7.11 Å². The standard InChI is InChI=1S/C25H26N2O2/c1-18-8-6-11-24(19(18)2)29-17-7-16-27-23-10-5-4-9-22(23)26-25(27)20-12-14-21(28-3)15-13-20/h4-6,8-15H,7,16-17H2,1-3H3. The second kappa shape index (κ2) is 8.39. The predicted molar refractivity (Wildman–Crippen MR) is 118 cm³/mol. The van der Waals surface area contributed by atoms with Crippen LogP contribution in [0, 0.1) is 13.8 Å². The summed E-state index contributed by atoms with van der Waals surface area (Å²) in [6, 6.07) is 22.5. The van der Waals surface area contributed by atoms with E-state index in [2.05, 4.69) is 54.8 Å². The largest absolute Gasteiger partial charge is 0.497 e. The Morgan fingerprint density at radius 3 is 2.48 bits per heavy atom. The molecule has 0 spiro atoms. The lowest BCUT2D eigenvalue weighted by molar-refractivity contribution is 0.301. The molecule has 4 heteroatoms. The van der Waals surface area contributed by atoms with Crippen LogP contribution in [0.3, 0.4) is 0 Å². The Kier molecular flexibility index (Phi) is 5.52. The first-order valence-electron chi connectivity index (χ1n) is 9.96. The summed E-state index contributed by atoms with van der Waals surface area (Å²) in [5, 5.41) is 0. The summed E-state index contributed by atoms with van der Waals surface area (Å²) < 4.78 is 13.6. The third-order valence-electron chi connectivity index (χ3n) is 5.34. The minimum atomic E-state index is 0.666. The molecule has 0 N–H and O–H groups in total. The zero-order valence-corrected chi connectivity index (χ0v) is 17.2. The summed E-state index contributed by atoms with van der Waals surface area (Å²) in [5.41, 5.74) is 5.70. The average molecular weight is 386 g/mol. The van der Waals surface area contributed by atoms with Crippen LogP contribution in [0.1, 0.15) is 17.5 Å². The molecule has 148 valence electrons. The van der Waals surface area contributed by atoms with Gasteiger partial charge in [0, 0.05) is 12.1 Å². The number of rotatable bonds is 7. The number of hydrogen-bond donors (Lipinski definition) is 0. The number of methoxy groups -OCH3 is 1. The number of fused-ring (bicyclic) bond motifs is 1.